The molecule has 0 fully saturated rings. The van der Waals surface area contributed by atoms with Crippen LogP contribution >= 0.6 is 0 Å². The molecule has 0 unspecified atom stereocenters. The molecule has 5 heteroatoms. The van der Waals surface area contributed by atoms with Gasteiger partial charge in [-0.05, 0) is 24.3 Å². The highest BCUT2D eigenvalue weighted by atomic mass is 16.3. The number of hydrogen-bond acceptors (Lipinski definition) is 4. The van der Waals surface area contributed by atoms with Crippen LogP contribution in [-0.4, -0.2) is 24.2 Å². The number of anilines is 1. The first-order chi connectivity index (χ1) is 9.22. The number of amides is 1. The lowest BCUT2D eigenvalue weighted by molar-refractivity contribution is -0.117. The Balaban J connectivity index is 2.25. The monoisotopic (exact) mass is 256 g/mol. The smallest absolute Gasteiger partial charge is 0.263 e. The van der Waals surface area contributed by atoms with Gasteiger partial charge in [-0.25, -0.2) is 0 Å². The largest absolute Gasteiger partial charge is 0.448 e. The first kappa shape index (κ1) is 12.8. The van der Waals surface area contributed by atoms with Gasteiger partial charge in [0.05, 0.1) is 17.5 Å². The van der Waals surface area contributed by atoms with Crippen LogP contribution in [0.3, 0.4) is 0 Å². The Morgan fingerprint density at radius 3 is 2.74 bits per heavy atom. The fourth-order valence-corrected chi connectivity index (χ4v) is 1.52. The van der Waals surface area contributed by atoms with Crippen molar-refractivity contribution < 1.29 is 14.0 Å². The lowest BCUT2D eigenvalue weighted by Gasteiger charge is -2.13. The van der Waals surface area contributed by atoms with Crippen molar-refractivity contribution in [2.24, 2.45) is 0 Å². The lowest BCUT2D eigenvalue weighted by atomic mass is 10.2. The highest BCUT2D eigenvalue weighted by Gasteiger charge is 2.17. The van der Waals surface area contributed by atoms with Crippen molar-refractivity contribution in [2.45, 2.75) is 0 Å². The van der Waals surface area contributed by atoms with Crippen LogP contribution in [0.2, 0.25) is 0 Å². The lowest BCUT2D eigenvalue weighted by Crippen LogP contribution is -2.27. The SMILES string of the molecule is CN(C(=O)C(C=O)=Cc1ccccn1)c1ccco1. The molecule has 0 bridgehead atoms. The summed E-state index contributed by atoms with van der Waals surface area (Å²) in [5, 5.41) is 0. The molecule has 0 radical (unpaired) electrons. The maximum Gasteiger partial charge on any atom is 0.263 e. The molecule has 2 rings (SSSR count). The first-order valence-electron chi connectivity index (χ1n) is 5.62. The molecule has 0 aromatic carbocycles. The van der Waals surface area contributed by atoms with Crippen LogP contribution in [-0.2, 0) is 9.59 Å². The average molecular weight is 256 g/mol. The summed E-state index contributed by atoms with van der Waals surface area (Å²) in [7, 11) is 1.54. The van der Waals surface area contributed by atoms with Gasteiger partial charge in [-0.1, -0.05) is 6.07 Å². The van der Waals surface area contributed by atoms with Crippen molar-refractivity contribution in [3.8, 4) is 0 Å². The Hall–Kier alpha value is -2.69. The molecule has 2 aromatic heterocycles. The Bertz CT molecular complexity index is 588. The van der Waals surface area contributed by atoms with Gasteiger partial charge in [0.25, 0.3) is 5.91 Å². The number of pyridine rings is 1. The van der Waals surface area contributed by atoms with E-state index in [2.05, 4.69) is 4.98 Å². The molecule has 0 N–H and O–H groups in total. The van der Waals surface area contributed by atoms with E-state index >= 15 is 0 Å². The van der Waals surface area contributed by atoms with Crippen LogP contribution in [0.4, 0.5) is 5.88 Å². The summed E-state index contributed by atoms with van der Waals surface area (Å²) in [6.45, 7) is 0. The van der Waals surface area contributed by atoms with E-state index in [0.717, 1.165) is 0 Å². The Morgan fingerprint density at radius 2 is 2.16 bits per heavy atom. The van der Waals surface area contributed by atoms with E-state index in [4.69, 9.17) is 4.42 Å². The summed E-state index contributed by atoms with van der Waals surface area (Å²) >= 11 is 0. The number of carbonyl (C=O) groups is 2. The van der Waals surface area contributed by atoms with E-state index in [1.165, 1.54) is 24.3 Å². The highest BCUT2D eigenvalue weighted by Crippen LogP contribution is 2.15. The maximum atomic E-state index is 12.1. The number of nitrogens with zero attached hydrogens (tertiary/aromatic N) is 2. The van der Waals surface area contributed by atoms with E-state index in [1.54, 1.807) is 36.5 Å². The molecular weight excluding hydrogens is 244 g/mol. The molecule has 2 heterocycles. The molecule has 5 nitrogen and oxygen atoms in total. The molecular formula is C14H12N2O3. The Kier molecular flexibility index (Phi) is 3.87. The van der Waals surface area contributed by atoms with Crippen LogP contribution in [0.25, 0.3) is 6.08 Å². The van der Waals surface area contributed by atoms with Crippen LogP contribution in [0, 0.1) is 0 Å². The first-order valence-corrected chi connectivity index (χ1v) is 5.62. The number of rotatable bonds is 4. The van der Waals surface area contributed by atoms with Gasteiger partial charge in [-0.15, -0.1) is 0 Å². The van der Waals surface area contributed by atoms with Gasteiger partial charge in [0, 0.05) is 19.3 Å². The zero-order valence-electron chi connectivity index (χ0n) is 10.3. The average Bonchev–Trinajstić information content (AvgIpc) is 2.98. The molecule has 0 saturated heterocycles. The standard InChI is InChI=1S/C14H12N2O3/c1-16(13-6-4-8-19-13)14(18)11(10-17)9-12-5-2-3-7-15-12/h2-10H,1H3. The molecule has 0 atom stereocenters. The van der Waals surface area contributed by atoms with Crippen LogP contribution in [0.5, 0.6) is 0 Å². The van der Waals surface area contributed by atoms with Gasteiger partial charge < -0.3 is 4.42 Å². The molecule has 0 aliphatic carbocycles. The van der Waals surface area contributed by atoms with Gasteiger partial charge in [0.2, 0.25) is 5.88 Å². The van der Waals surface area contributed by atoms with Gasteiger partial charge >= 0.3 is 0 Å². The highest BCUT2D eigenvalue weighted by molar-refractivity contribution is 6.19. The normalized spacial score (nSPS) is 11.1. The molecule has 0 aliphatic heterocycles. The fraction of sp³-hybridized carbons (Fsp3) is 0.0714. The van der Waals surface area contributed by atoms with Crippen molar-refractivity contribution in [3.05, 3.63) is 54.1 Å². The third kappa shape index (κ3) is 2.95. The number of aromatic nitrogens is 1. The summed E-state index contributed by atoms with van der Waals surface area (Å²) < 4.78 is 5.11. The minimum Gasteiger partial charge on any atom is -0.448 e. The summed E-state index contributed by atoms with van der Waals surface area (Å²) in [6.07, 6.45) is 5.00. The van der Waals surface area contributed by atoms with E-state index in [9.17, 15) is 9.59 Å². The molecule has 0 aliphatic rings. The van der Waals surface area contributed by atoms with Crippen molar-refractivity contribution in [2.75, 3.05) is 11.9 Å². The number of furan rings is 1. The van der Waals surface area contributed by atoms with Gasteiger partial charge in [0.1, 0.15) is 0 Å². The number of carbonyl (C=O) groups excluding carboxylic acids is 2. The van der Waals surface area contributed by atoms with Gasteiger partial charge in [0.15, 0.2) is 6.29 Å². The van der Waals surface area contributed by atoms with E-state index in [0.29, 0.717) is 17.9 Å². The van der Waals surface area contributed by atoms with Crippen molar-refractivity contribution >= 4 is 24.2 Å². The van der Waals surface area contributed by atoms with Gasteiger partial charge in [-0.3, -0.25) is 19.5 Å². The van der Waals surface area contributed by atoms with E-state index in [1.807, 2.05) is 0 Å². The summed E-state index contributed by atoms with van der Waals surface area (Å²) in [6, 6.07) is 8.56. The predicted molar refractivity (Wildman–Crippen MR) is 70.4 cm³/mol. The Morgan fingerprint density at radius 1 is 1.32 bits per heavy atom. The second-order valence-electron chi connectivity index (χ2n) is 3.79. The van der Waals surface area contributed by atoms with Crippen LogP contribution < -0.4 is 4.90 Å². The molecule has 1 amide bonds. The minimum atomic E-state index is -0.449. The number of likely N-dealkylation sites (N-methyl/N-ethyl adjacent to an activating group) is 1. The van der Waals surface area contributed by atoms with Crippen molar-refractivity contribution in [3.63, 3.8) is 0 Å². The Labute approximate surface area is 110 Å². The quantitative estimate of drug-likeness (QED) is 0.363. The minimum absolute atomic E-state index is 0.0117. The molecule has 0 saturated carbocycles. The topological polar surface area (TPSA) is 63.4 Å². The van der Waals surface area contributed by atoms with Crippen LogP contribution in [0.1, 0.15) is 5.69 Å². The zero-order chi connectivity index (χ0) is 13.7. The summed E-state index contributed by atoms with van der Waals surface area (Å²) in [5.74, 6) is -0.0747. The number of hydrogen-bond donors (Lipinski definition) is 0. The molecule has 96 valence electrons. The number of aldehydes is 1. The summed E-state index contributed by atoms with van der Waals surface area (Å²) in [4.78, 5) is 28.5. The third-order valence-electron chi connectivity index (χ3n) is 2.51. The molecule has 19 heavy (non-hydrogen) atoms. The summed E-state index contributed by atoms with van der Waals surface area (Å²) in [5.41, 5.74) is 0.559. The van der Waals surface area contributed by atoms with Crippen molar-refractivity contribution in [1.29, 1.82) is 0 Å². The van der Waals surface area contributed by atoms with Gasteiger partial charge in [-0.2, -0.15) is 0 Å². The molecule has 0 spiro atoms. The zero-order valence-corrected chi connectivity index (χ0v) is 10.3. The maximum absolute atomic E-state index is 12.1. The predicted octanol–water partition coefficient (Wildman–Crippen LogP) is 1.92. The van der Waals surface area contributed by atoms with E-state index < -0.39 is 5.91 Å². The molecule has 2 aromatic rings. The van der Waals surface area contributed by atoms with E-state index in [-0.39, 0.29) is 5.57 Å². The van der Waals surface area contributed by atoms with Crippen LogP contribution in [0.15, 0.2) is 52.8 Å². The fourth-order valence-electron chi connectivity index (χ4n) is 1.52. The van der Waals surface area contributed by atoms with Crippen molar-refractivity contribution in [1.82, 2.24) is 4.98 Å². The third-order valence-corrected chi connectivity index (χ3v) is 2.51. The second-order valence-corrected chi connectivity index (χ2v) is 3.79. The second kappa shape index (κ2) is 5.77.